The highest BCUT2D eigenvalue weighted by Gasteiger charge is 2.38. The van der Waals surface area contributed by atoms with E-state index in [9.17, 15) is 24.5 Å². The van der Waals surface area contributed by atoms with Crippen molar-refractivity contribution < 1.29 is 34.0 Å². The molecule has 7 nitrogen and oxygen atoms in total. The van der Waals surface area contributed by atoms with Gasteiger partial charge in [-0.15, -0.1) is 0 Å². The van der Waals surface area contributed by atoms with Crippen LogP contribution in [0.2, 0.25) is 0 Å². The number of hydrogen-bond donors (Lipinski definition) is 4. The Morgan fingerprint density at radius 3 is 2.54 bits per heavy atom. The van der Waals surface area contributed by atoms with E-state index >= 15 is 0 Å². The highest BCUT2D eigenvalue weighted by Crippen LogP contribution is 2.35. The predicted octanol–water partition coefficient (Wildman–Crippen LogP) is 1.52. The molecular weight excluding hydrogens is 369 g/mol. The van der Waals surface area contributed by atoms with Gasteiger partial charge < -0.3 is 30.1 Å². The van der Waals surface area contributed by atoms with Crippen molar-refractivity contribution in [3.63, 3.8) is 0 Å². The van der Waals surface area contributed by atoms with Gasteiger partial charge in [0.25, 0.3) is 5.91 Å². The van der Waals surface area contributed by atoms with Crippen LogP contribution in [0.4, 0.5) is 4.39 Å². The molecule has 1 aliphatic heterocycles. The van der Waals surface area contributed by atoms with Gasteiger partial charge in [0.05, 0.1) is 18.8 Å². The van der Waals surface area contributed by atoms with Crippen LogP contribution in [0.25, 0.3) is 0 Å². The average Bonchev–Trinajstić information content (AvgIpc) is 2.71. The molecule has 4 unspecified atom stereocenters. The number of benzene rings is 2. The number of rotatable bonds is 5. The lowest BCUT2D eigenvalue weighted by atomic mass is 9.93. The van der Waals surface area contributed by atoms with Crippen LogP contribution in [0.15, 0.2) is 42.5 Å². The summed E-state index contributed by atoms with van der Waals surface area (Å²) in [4.78, 5) is 11.6. The number of carbonyl (C=O) groups is 1. The van der Waals surface area contributed by atoms with E-state index in [1.54, 1.807) is 24.3 Å². The molecule has 0 spiro atoms. The molecule has 4 N–H and O–H groups in total. The molecular formula is C20H22FNO6. The van der Waals surface area contributed by atoms with Crippen molar-refractivity contribution in [1.82, 2.24) is 5.32 Å². The highest BCUT2D eigenvalue weighted by atomic mass is 19.1. The Bertz CT molecular complexity index is 828. The standard InChI is InChI=1S/C20H22FNO6/c1-22-20(26)11-2-4-12(5-3-11)27-13-6-7-16(21)15(8-13)19-18(25)17(24)9-14(10-23)28-19/h2-8,14,17-19,23-25H,9-10H2,1H3,(H,22,26). The van der Waals surface area contributed by atoms with E-state index < -0.39 is 30.2 Å². The fourth-order valence-corrected chi connectivity index (χ4v) is 3.09. The van der Waals surface area contributed by atoms with Gasteiger partial charge in [-0.2, -0.15) is 0 Å². The maximum absolute atomic E-state index is 14.4. The van der Waals surface area contributed by atoms with E-state index in [2.05, 4.69) is 5.32 Å². The molecule has 4 atom stereocenters. The minimum atomic E-state index is -1.33. The van der Waals surface area contributed by atoms with Crippen molar-refractivity contribution >= 4 is 5.91 Å². The summed E-state index contributed by atoms with van der Waals surface area (Å²) in [6, 6.07) is 10.4. The number of ether oxygens (including phenoxy) is 2. The Hall–Kier alpha value is -2.52. The van der Waals surface area contributed by atoms with Crippen LogP contribution in [-0.4, -0.2) is 53.2 Å². The molecule has 1 amide bonds. The topological polar surface area (TPSA) is 108 Å². The molecule has 1 heterocycles. The lowest BCUT2D eigenvalue weighted by molar-refractivity contribution is -0.180. The molecule has 0 bridgehead atoms. The van der Waals surface area contributed by atoms with Crippen LogP contribution in [0, 0.1) is 5.82 Å². The maximum Gasteiger partial charge on any atom is 0.251 e. The van der Waals surface area contributed by atoms with Crippen molar-refractivity contribution in [2.45, 2.75) is 30.8 Å². The van der Waals surface area contributed by atoms with Crippen molar-refractivity contribution in [2.24, 2.45) is 0 Å². The smallest absolute Gasteiger partial charge is 0.251 e. The molecule has 0 aliphatic carbocycles. The first-order valence-corrected chi connectivity index (χ1v) is 8.84. The number of carbonyl (C=O) groups excluding carboxylic acids is 1. The summed E-state index contributed by atoms with van der Waals surface area (Å²) in [5, 5.41) is 32.0. The summed E-state index contributed by atoms with van der Waals surface area (Å²) in [5.74, 6) is -0.128. The molecule has 150 valence electrons. The third kappa shape index (κ3) is 4.31. The summed E-state index contributed by atoms with van der Waals surface area (Å²) < 4.78 is 25.6. The van der Waals surface area contributed by atoms with Crippen LogP contribution < -0.4 is 10.1 Å². The molecule has 2 aromatic rings. The summed E-state index contributed by atoms with van der Waals surface area (Å²) >= 11 is 0. The van der Waals surface area contributed by atoms with Gasteiger partial charge in [-0.3, -0.25) is 4.79 Å². The van der Waals surface area contributed by atoms with Crippen LogP contribution in [0.1, 0.15) is 28.4 Å². The highest BCUT2D eigenvalue weighted by molar-refractivity contribution is 5.94. The fourth-order valence-electron chi connectivity index (χ4n) is 3.09. The first kappa shape index (κ1) is 20.2. The predicted molar refractivity (Wildman–Crippen MR) is 97.6 cm³/mol. The number of halogens is 1. The number of aliphatic hydroxyl groups excluding tert-OH is 3. The van der Waals surface area contributed by atoms with Crippen molar-refractivity contribution in [1.29, 1.82) is 0 Å². The quantitative estimate of drug-likeness (QED) is 0.616. The van der Waals surface area contributed by atoms with Gasteiger partial charge >= 0.3 is 0 Å². The second-order valence-electron chi connectivity index (χ2n) is 6.54. The van der Waals surface area contributed by atoms with E-state index in [4.69, 9.17) is 9.47 Å². The molecule has 28 heavy (non-hydrogen) atoms. The normalized spacial score (nSPS) is 24.6. The van der Waals surface area contributed by atoms with Crippen molar-refractivity contribution in [2.75, 3.05) is 13.7 Å². The molecule has 0 aromatic heterocycles. The van der Waals surface area contributed by atoms with Gasteiger partial charge in [-0.05, 0) is 42.5 Å². The van der Waals surface area contributed by atoms with Gasteiger partial charge in [0.15, 0.2) is 0 Å². The first-order valence-electron chi connectivity index (χ1n) is 8.84. The molecule has 2 aromatic carbocycles. The zero-order valence-corrected chi connectivity index (χ0v) is 15.2. The van der Waals surface area contributed by atoms with E-state index in [1.165, 1.54) is 25.2 Å². The summed E-state index contributed by atoms with van der Waals surface area (Å²) in [5.41, 5.74) is 0.488. The molecule has 1 saturated heterocycles. The largest absolute Gasteiger partial charge is 0.457 e. The maximum atomic E-state index is 14.4. The minimum Gasteiger partial charge on any atom is -0.457 e. The van der Waals surface area contributed by atoms with Gasteiger partial charge in [-0.1, -0.05) is 0 Å². The third-order valence-electron chi connectivity index (χ3n) is 4.60. The summed E-state index contributed by atoms with van der Waals surface area (Å²) in [6.07, 6.45) is -4.26. The Labute approximate surface area is 161 Å². The van der Waals surface area contributed by atoms with Crippen LogP contribution in [0.3, 0.4) is 0 Å². The molecule has 3 rings (SSSR count). The minimum absolute atomic E-state index is 0.0178. The zero-order valence-electron chi connectivity index (χ0n) is 15.2. The van der Waals surface area contributed by atoms with Crippen LogP contribution in [-0.2, 0) is 4.74 Å². The van der Waals surface area contributed by atoms with Crippen LogP contribution >= 0.6 is 0 Å². The monoisotopic (exact) mass is 391 g/mol. The van der Waals surface area contributed by atoms with Crippen molar-refractivity contribution in [3.05, 3.63) is 59.4 Å². The Balaban J connectivity index is 1.82. The fraction of sp³-hybridized carbons (Fsp3) is 0.350. The second-order valence-corrected chi connectivity index (χ2v) is 6.54. The number of hydrogen-bond acceptors (Lipinski definition) is 6. The summed E-state index contributed by atoms with van der Waals surface area (Å²) in [6.45, 7) is -0.351. The Kier molecular flexibility index (Phi) is 6.25. The van der Waals surface area contributed by atoms with E-state index in [1.807, 2.05) is 0 Å². The third-order valence-corrected chi connectivity index (χ3v) is 4.60. The lowest BCUT2D eigenvalue weighted by Gasteiger charge is -2.37. The van der Waals surface area contributed by atoms with Gasteiger partial charge in [0.2, 0.25) is 0 Å². The number of aliphatic hydroxyl groups is 3. The SMILES string of the molecule is CNC(=O)c1ccc(Oc2ccc(F)c(C3OC(CO)CC(O)C3O)c2)cc1. The molecule has 1 aliphatic rings. The number of nitrogens with one attached hydrogen (secondary N) is 1. The molecule has 0 saturated carbocycles. The zero-order chi connectivity index (χ0) is 20.3. The Morgan fingerprint density at radius 2 is 1.89 bits per heavy atom. The van der Waals surface area contributed by atoms with E-state index in [-0.39, 0.29) is 24.5 Å². The lowest BCUT2D eigenvalue weighted by Crippen LogP contribution is -2.44. The van der Waals surface area contributed by atoms with Gasteiger partial charge in [0.1, 0.15) is 29.5 Å². The molecule has 8 heteroatoms. The number of amides is 1. The van der Waals surface area contributed by atoms with Gasteiger partial charge in [-0.25, -0.2) is 4.39 Å². The first-order chi connectivity index (χ1) is 13.4. The van der Waals surface area contributed by atoms with E-state index in [0.717, 1.165) is 0 Å². The van der Waals surface area contributed by atoms with Gasteiger partial charge in [0, 0.05) is 24.6 Å². The Morgan fingerprint density at radius 1 is 1.21 bits per heavy atom. The summed E-state index contributed by atoms with van der Waals surface area (Å²) in [7, 11) is 1.53. The van der Waals surface area contributed by atoms with Crippen molar-refractivity contribution in [3.8, 4) is 11.5 Å². The van der Waals surface area contributed by atoms with E-state index in [0.29, 0.717) is 17.1 Å². The molecule has 0 radical (unpaired) electrons. The average molecular weight is 391 g/mol. The molecule has 1 fully saturated rings. The second kappa shape index (κ2) is 8.66. The van der Waals surface area contributed by atoms with Crippen LogP contribution in [0.5, 0.6) is 11.5 Å².